The van der Waals surface area contributed by atoms with Gasteiger partial charge in [0.15, 0.2) is 11.6 Å². The molecule has 0 amide bonds. The molecule has 0 atom stereocenters. The summed E-state index contributed by atoms with van der Waals surface area (Å²) in [6, 6.07) is 11.2. The van der Waals surface area contributed by atoms with Crippen molar-refractivity contribution in [1.82, 2.24) is 9.97 Å². The van der Waals surface area contributed by atoms with Gasteiger partial charge in [-0.15, -0.1) is 0 Å². The SMILES string of the molecule is COCC(=O)c1cccc(-c2cnc3[nH]cc(C(=O)c4c(F)ccc(NS(=O)(=O)c5cc(F)ccc5F)c4F)c3c2)c1. The third-order valence-electron chi connectivity index (χ3n) is 6.31. The van der Waals surface area contributed by atoms with E-state index in [0.29, 0.717) is 47.0 Å². The lowest BCUT2D eigenvalue weighted by molar-refractivity contribution is 0.0848. The highest BCUT2D eigenvalue weighted by Crippen LogP contribution is 2.31. The van der Waals surface area contributed by atoms with Crippen LogP contribution in [0.2, 0.25) is 0 Å². The number of ketones is 2. The van der Waals surface area contributed by atoms with Gasteiger partial charge in [-0.25, -0.2) is 31.0 Å². The minimum Gasteiger partial charge on any atom is -0.377 e. The van der Waals surface area contributed by atoms with Gasteiger partial charge in [0.1, 0.15) is 34.6 Å². The second-order valence-electron chi connectivity index (χ2n) is 9.05. The summed E-state index contributed by atoms with van der Waals surface area (Å²) in [5, 5.41) is 0.192. The largest absolute Gasteiger partial charge is 0.377 e. The number of carbonyl (C=O) groups excluding carboxylic acids is 2. The van der Waals surface area contributed by atoms with Crippen LogP contribution in [0.15, 0.2) is 78.0 Å². The predicted octanol–water partition coefficient (Wildman–Crippen LogP) is 5.65. The zero-order chi connectivity index (χ0) is 30.2. The molecule has 0 saturated heterocycles. The van der Waals surface area contributed by atoms with E-state index in [-0.39, 0.29) is 29.0 Å². The molecule has 42 heavy (non-hydrogen) atoms. The van der Waals surface area contributed by atoms with Gasteiger partial charge in [0.25, 0.3) is 10.0 Å². The zero-order valence-electron chi connectivity index (χ0n) is 21.5. The monoisotopic (exact) mass is 597 g/mol. The number of aromatic nitrogens is 2. The minimum atomic E-state index is -4.87. The Balaban J connectivity index is 1.53. The van der Waals surface area contributed by atoms with Gasteiger partial charge in [-0.05, 0) is 48.0 Å². The number of pyridine rings is 1. The highest BCUT2D eigenvalue weighted by Gasteiger charge is 2.28. The van der Waals surface area contributed by atoms with Crippen LogP contribution in [0.5, 0.6) is 0 Å². The number of halogens is 4. The molecule has 2 N–H and O–H groups in total. The summed E-state index contributed by atoms with van der Waals surface area (Å²) in [5.74, 6) is -6.63. The van der Waals surface area contributed by atoms with Crippen LogP contribution in [0.4, 0.5) is 23.2 Å². The van der Waals surface area contributed by atoms with Gasteiger partial charge in [0, 0.05) is 41.6 Å². The van der Waals surface area contributed by atoms with Crippen molar-refractivity contribution in [3.8, 4) is 11.1 Å². The highest BCUT2D eigenvalue weighted by atomic mass is 32.2. The first-order chi connectivity index (χ1) is 20.0. The van der Waals surface area contributed by atoms with E-state index in [0.717, 1.165) is 0 Å². The van der Waals surface area contributed by atoms with Gasteiger partial charge in [-0.1, -0.05) is 18.2 Å². The molecule has 2 aromatic heterocycles. The van der Waals surface area contributed by atoms with Crippen molar-refractivity contribution >= 4 is 38.3 Å². The van der Waals surface area contributed by atoms with Gasteiger partial charge in [0.2, 0.25) is 5.78 Å². The van der Waals surface area contributed by atoms with Crippen LogP contribution in [0.25, 0.3) is 22.2 Å². The normalized spacial score (nSPS) is 11.5. The average molecular weight is 598 g/mol. The number of sulfonamides is 1. The van der Waals surface area contributed by atoms with Gasteiger partial charge in [-0.2, -0.15) is 0 Å². The van der Waals surface area contributed by atoms with E-state index in [9.17, 15) is 31.2 Å². The number of anilines is 1. The Morgan fingerprint density at radius 2 is 1.71 bits per heavy atom. The first-order valence-electron chi connectivity index (χ1n) is 12.1. The average Bonchev–Trinajstić information content (AvgIpc) is 3.39. The molecule has 0 fully saturated rings. The second-order valence-corrected chi connectivity index (χ2v) is 10.7. The fraction of sp³-hybridized carbons (Fsp3) is 0.0690. The number of aromatic amines is 1. The Morgan fingerprint density at radius 1 is 0.952 bits per heavy atom. The van der Waals surface area contributed by atoms with E-state index in [1.54, 1.807) is 35.1 Å². The predicted molar refractivity (Wildman–Crippen MR) is 145 cm³/mol. The summed E-state index contributed by atoms with van der Waals surface area (Å²) in [4.78, 5) is 31.6. The van der Waals surface area contributed by atoms with Crippen molar-refractivity contribution in [3.63, 3.8) is 0 Å². The molecule has 0 radical (unpaired) electrons. The summed E-state index contributed by atoms with van der Waals surface area (Å²) in [5.41, 5.74) is -0.477. The number of nitrogens with zero attached hydrogens (tertiary/aromatic N) is 1. The summed E-state index contributed by atoms with van der Waals surface area (Å²) >= 11 is 0. The Hall–Kier alpha value is -4.88. The highest BCUT2D eigenvalue weighted by molar-refractivity contribution is 7.92. The van der Waals surface area contributed by atoms with Crippen LogP contribution in [0.3, 0.4) is 0 Å². The third kappa shape index (κ3) is 5.39. The number of methoxy groups -OCH3 is 1. The van der Waals surface area contributed by atoms with Crippen LogP contribution in [0, 0.1) is 23.3 Å². The second kappa shape index (κ2) is 11.2. The number of benzene rings is 3. The number of carbonyl (C=O) groups is 2. The molecule has 0 aliphatic heterocycles. The molecule has 0 aliphatic rings. The van der Waals surface area contributed by atoms with E-state index in [1.807, 2.05) is 0 Å². The third-order valence-corrected chi connectivity index (χ3v) is 7.69. The summed E-state index contributed by atoms with van der Waals surface area (Å²) in [7, 11) is -3.48. The maximum Gasteiger partial charge on any atom is 0.265 e. The number of fused-ring (bicyclic) bond motifs is 1. The molecule has 0 unspecified atom stereocenters. The molecule has 0 spiro atoms. The molecule has 0 aliphatic carbocycles. The van der Waals surface area contributed by atoms with Gasteiger partial charge >= 0.3 is 0 Å². The summed E-state index contributed by atoms with van der Waals surface area (Å²) < 4.78 is 90.0. The van der Waals surface area contributed by atoms with Crippen molar-refractivity contribution in [2.24, 2.45) is 0 Å². The number of hydrogen-bond donors (Lipinski definition) is 2. The fourth-order valence-electron chi connectivity index (χ4n) is 4.29. The standard InChI is InChI=1S/C29H19F4N3O5S/c1-41-14-24(37)16-4-2-3-15(9-16)17-10-19-20(13-35-29(19)34-12-17)28(38)26-22(32)7-8-23(27(26)33)36-42(39,40)25-11-18(30)5-6-21(25)31/h2-13,36H,14H2,1H3,(H,34,35). The molecule has 214 valence electrons. The van der Waals surface area contributed by atoms with Crippen molar-refractivity contribution in [3.05, 3.63) is 113 Å². The van der Waals surface area contributed by atoms with E-state index in [4.69, 9.17) is 4.74 Å². The lowest BCUT2D eigenvalue weighted by atomic mass is 9.98. The van der Waals surface area contributed by atoms with E-state index < -0.39 is 55.2 Å². The quantitative estimate of drug-likeness (QED) is 0.168. The van der Waals surface area contributed by atoms with Crippen LogP contribution in [0.1, 0.15) is 26.3 Å². The topological polar surface area (TPSA) is 118 Å². The first kappa shape index (κ1) is 28.6. The summed E-state index contributed by atoms with van der Waals surface area (Å²) in [6.07, 6.45) is 2.68. The Bertz CT molecular complexity index is 1990. The smallest absolute Gasteiger partial charge is 0.265 e. The molecule has 5 rings (SSSR count). The number of Topliss-reactive ketones (excluding diaryl/α,β-unsaturated/α-hetero) is 1. The lowest BCUT2D eigenvalue weighted by Gasteiger charge is -2.12. The molecule has 3 aromatic carbocycles. The maximum absolute atomic E-state index is 15.5. The van der Waals surface area contributed by atoms with E-state index >= 15 is 4.39 Å². The van der Waals surface area contributed by atoms with Gasteiger partial charge in [-0.3, -0.25) is 14.3 Å². The Kier molecular flexibility index (Phi) is 7.63. The van der Waals surface area contributed by atoms with Crippen molar-refractivity contribution in [1.29, 1.82) is 0 Å². The first-order valence-corrected chi connectivity index (χ1v) is 13.6. The molecule has 13 heteroatoms. The minimum absolute atomic E-state index is 0.124. The van der Waals surface area contributed by atoms with E-state index in [1.165, 1.54) is 19.5 Å². The summed E-state index contributed by atoms with van der Waals surface area (Å²) in [6.45, 7) is -0.124. The fourth-order valence-corrected chi connectivity index (χ4v) is 5.44. The molecule has 2 heterocycles. The van der Waals surface area contributed by atoms with Gasteiger partial charge < -0.3 is 9.72 Å². The Labute approximate surface area is 236 Å². The number of ether oxygens (including phenoxy) is 1. The molecular weight excluding hydrogens is 578 g/mol. The van der Waals surface area contributed by atoms with Crippen LogP contribution < -0.4 is 4.72 Å². The molecular formula is C29H19F4N3O5S. The molecule has 0 bridgehead atoms. The number of H-pyrrole nitrogens is 1. The lowest BCUT2D eigenvalue weighted by Crippen LogP contribution is -2.17. The van der Waals surface area contributed by atoms with Crippen LogP contribution >= 0.6 is 0 Å². The van der Waals surface area contributed by atoms with Crippen LogP contribution in [-0.4, -0.2) is 43.7 Å². The number of rotatable bonds is 9. The van der Waals surface area contributed by atoms with E-state index in [2.05, 4.69) is 9.97 Å². The molecule has 8 nitrogen and oxygen atoms in total. The number of nitrogens with one attached hydrogen (secondary N) is 2. The zero-order valence-corrected chi connectivity index (χ0v) is 22.4. The molecule has 0 saturated carbocycles. The van der Waals surface area contributed by atoms with Crippen molar-refractivity contribution in [2.75, 3.05) is 18.4 Å². The van der Waals surface area contributed by atoms with Gasteiger partial charge in [0.05, 0.1) is 11.3 Å². The Morgan fingerprint density at radius 3 is 2.48 bits per heavy atom. The molecule has 5 aromatic rings. The number of hydrogen-bond acceptors (Lipinski definition) is 6. The van der Waals surface area contributed by atoms with Crippen molar-refractivity contribution < 1.29 is 40.3 Å². The maximum atomic E-state index is 15.5. The van der Waals surface area contributed by atoms with Crippen LogP contribution in [-0.2, 0) is 14.8 Å². The van der Waals surface area contributed by atoms with Crippen molar-refractivity contribution in [2.45, 2.75) is 4.90 Å².